The number of allylic oxidation sites excluding steroid dienone is 5. The van der Waals surface area contributed by atoms with Crippen LogP contribution in [0.25, 0.3) is 0 Å². The average molecular weight is 334 g/mol. The molecule has 1 fully saturated rings. The zero-order valence-corrected chi connectivity index (χ0v) is 14.6. The van der Waals surface area contributed by atoms with E-state index in [2.05, 4.69) is 13.0 Å². The normalized spacial score (nSPS) is 21.3. The molecule has 0 aliphatic heterocycles. The topological polar surface area (TPSA) is 74.6 Å². The average Bonchev–Trinajstić information content (AvgIpc) is 2.89. The third-order valence-corrected chi connectivity index (χ3v) is 4.25. The van der Waals surface area contributed by atoms with Crippen LogP contribution in [0.5, 0.6) is 0 Å². The Morgan fingerprint density at radius 1 is 1.33 bits per heavy atom. The number of hydrogen-bond acceptors (Lipinski definition) is 3. The van der Waals surface area contributed by atoms with Gasteiger partial charge in [0.2, 0.25) is 0 Å². The highest BCUT2D eigenvalue weighted by Crippen LogP contribution is 2.29. The van der Waals surface area contributed by atoms with Gasteiger partial charge >= 0.3 is 5.97 Å². The molecule has 134 valence electrons. The molecule has 4 heteroatoms. The largest absolute Gasteiger partial charge is 0.481 e. The minimum absolute atomic E-state index is 0.0620. The standard InChI is InChI=1S/C20H30O4/c1-2-3-4-5-6-7-10-18-16(13-15-19(18)22)12-14-17(21)9-8-11-20(23)24/h6-7,10,12,14,16-17,21H,2-5,8-9,11,13,15H2,1H3,(H,23,24)/b7-6-,14-12+,18-10+/t16-,17+/m0/s1. The van der Waals surface area contributed by atoms with Gasteiger partial charge in [-0.2, -0.15) is 0 Å². The van der Waals surface area contributed by atoms with Crippen molar-refractivity contribution in [3.63, 3.8) is 0 Å². The smallest absolute Gasteiger partial charge is 0.303 e. The van der Waals surface area contributed by atoms with Crippen LogP contribution in [0.3, 0.4) is 0 Å². The number of aliphatic carboxylic acids is 1. The van der Waals surface area contributed by atoms with E-state index in [0.29, 0.717) is 19.3 Å². The number of ketones is 1. The van der Waals surface area contributed by atoms with Crippen molar-refractivity contribution in [2.24, 2.45) is 5.92 Å². The molecule has 0 unspecified atom stereocenters. The van der Waals surface area contributed by atoms with Crippen molar-refractivity contribution in [2.45, 2.75) is 70.8 Å². The van der Waals surface area contributed by atoms with Crippen molar-refractivity contribution in [3.8, 4) is 0 Å². The summed E-state index contributed by atoms with van der Waals surface area (Å²) in [5.74, 6) is -0.598. The molecule has 1 aliphatic rings. The van der Waals surface area contributed by atoms with Crippen LogP contribution in [-0.2, 0) is 9.59 Å². The first kappa shape index (κ1) is 20.4. The van der Waals surface area contributed by atoms with E-state index >= 15 is 0 Å². The summed E-state index contributed by atoms with van der Waals surface area (Å²) in [4.78, 5) is 22.4. The number of unbranched alkanes of at least 4 members (excludes halogenated alkanes) is 3. The SMILES string of the molecule is CCCCC/C=C\C=C1\C(=O)CC[C@@H]1/C=C/[C@H](O)CCCC(=O)O. The summed E-state index contributed by atoms with van der Waals surface area (Å²) in [6.07, 6.45) is 15.9. The summed E-state index contributed by atoms with van der Waals surface area (Å²) in [7, 11) is 0. The van der Waals surface area contributed by atoms with Gasteiger partial charge in [-0.1, -0.05) is 50.1 Å². The van der Waals surface area contributed by atoms with Crippen molar-refractivity contribution < 1.29 is 19.8 Å². The number of aliphatic hydroxyl groups excluding tert-OH is 1. The molecule has 0 spiro atoms. The predicted octanol–water partition coefficient (Wildman–Crippen LogP) is 4.20. The molecule has 0 heterocycles. The molecule has 1 saturated carbocycles. The molecule has 24 heavy (non-hydrogen) atoms. The lowest BCUT2D eigenvalue weighted by molar-refractivity contribution is -0.137. The lowest BCUT2D eigenvalue weighted by atomic mass is 9.99. The fourth-order valence-electron chi connectivity index (χ4n) is 2.81. The Balaban J connectivity index is 2.48. The molecule has 0 radical (unpaired) electrons. The van der Waals surface area contributed by atoms with Crippen LogP contribution >= 0.6 is 0 Å². The van der Waals surface area contributed by atoms with Crippen LogP contribution < -0.4 is 0 Å². The van der Waals surface area contributed by atoms with Crippen LogP contribution in [0.1, 0.15) is 64.7 Å². The lowest BCUT2D eigenvalue weighted by Gasteiger charge is -2.07. The third kappa shape index (κ3) is 8.25. The highest BCUT2D eigenvalue weighted by molar-refractivity contribution is 5.98. The predicted molar refractivity (Wildman–Crippen MR) is 95.7 cm³/mol. The van der Waals surface area contributed by atoms with Crippen LogP contribution in [0.4, 0.5) is 0 Å². The molecule has 0 aromatic carbocycles. The molecule has 0 aromatic heterocycles. The van der Waals surface area contributed by atoms with E-state index in [9.17, 15) is 14.7 Å². The molecule has 0 aromatic rings. The molecular formula is C20H30O4. The number of carbonyl (C=O) groups is 2. The number of rotatable bonds is 11. The van der Waals surface area contributed by atoms with Gasteiger partial charge in [0.15, 0.2) is 5.78 Å². The molecule has 2 N–H and O–H groups in total. The van der Waals surface area contributed by atoms with Gasteiger partial charge in [0.25, 0.3) is 0 Å². The van der Waals surface area contributed by atoms with E-state index in [1.54, 1.807) is 6.08 Å². The molecule has 0 bridgehead atoms. The third-order valence-electron chi connectivity index (χ3n) is 4.25. The molecule has 1 rings (SSSR count). The number of carbonyl (C=O) groups excluding carboxylic acids is 1. The van der Waals surface area contributed by atoms with Crippen molar-refractivity contribution in [2.75, 3.05) is 0 Å². The lowest BCUT2D eigenvalue weighted by Crippen LogP contribution is -2.05. The number of Topliss-reactive ketones (excluding diaryl/α,β-unsaturated/α-hetero) is 1. The molecule has 4 nitrogen and oxygen atoms in total. The van der Waals surface area contributed by atoms with Crippen molar-refractivity contribution >= 4 is 11.8 Å². The molecule has 2 atom stereocenters. The summed E-state index contributed by atoms with van der Waals surface area (Å²) in [6.45, 7) is 2.18. The highest BCUT2D eigenvalue weighted by Gasteiger charge is 2.25. The van der Waals surface area contributed by atoms with E-state index in [4.69, 9.17) is 5.11 Å². The van der Waals surface area contributed by atoms with E-state index < -0.39 is 12.1 Å². The number of hydrogen-bond donors (Lipinski definition) is 2. The molecule has 0 amide bonds. The van der Waals surface area contributed by atoms with Gasteiger partial charge in [0.1, 0.15) is 0 Å². The quantitative estimate of drug-likeness (QED) is 0.337. The highest BCUT2D eigenvalue weighted by atomic mass is 16.4. The Kier molecular flexibility index (Phi) is 10.0. The van der Waals surface area contributed by atoms with Gasteiger partial charge in [0.05, 0.1) is 6.10 Å². The van der Waals surface area contributed by atoms with Crippen LogP contribution in [0.2, 0.25) is 0 Å². The monoisotopic (exact) mass is 334 g/mol. The second-order valence-corrected chi connectivity index (χ2v) is 6.35. The summed E-state index contributed by atoms with van der Waals surface area (Å²) < 4.78 is 0. The first-order chi connectivity index (χ1) is 11.5. The van der Waals surface area contributed by atoms with Gasteiger partial charge in [-0.3, -0.25) is 9.59 Å². The maximum Gasteiger partial charge on any atom is 0.303 e. The zero-order valence-electron chi connectivity index (χ0n) is 14.6. The minimum atomic E-state index is -0.844. The summed E-state index contributed by atoms with van der Waals surface area (Å²) >= 11 is 0. The number of aliphatic hydroxyl groups is 1. The fourth-order valence-corrected chi connectivity index (χ4v) is 2.81. The van der Waals surface area contributed by atoms with Gasteiger partial charge in [0, 0.05) is 24.3 Å². The molecule has 0 saturated heterocycles. The Labute approximate surface area is 145 Å². The van der Waals surface area contributed by atoms with Gasteiger partial charge in [-0.15, -0.1) is 0 Å². The number of carboxylic acids is 1. The van der Waals surface area contributed by atoms with Crippen molar-refractivity contribution in [3.05, 3.63) is 36.0 Å². The van der Waals surface area contributed by atoms with E-state index in [0.717, 1.165) is 18.4 Å². The summed E-state index contributed by atoms with van der Waals surface area (Å²) in [5, 5.41) is 18.5. The summed E-state index contributed by atoms with van der Waals surface area (Å²) in [6, 6.07) is 0. The Bertz CT molecular complexity index is 488. The van der Waals surface area contributed by atoms with Crippen LogP contribution in [-0.4, -0.2) is 28.1 Å². The van der Waals surface area contributed by atoms with E-state index in [1.807, 2.05) is 18.2 Å². The fraction of sp³-hybridized carbons (Fsp3) is 0.600. The Morgan fingerprint density at radius 3 is 2.83 bits per heavy atom. The van der Waals surface area contributed by atoms with Gasteiger partial charge < -0.3 is 10.2 Å². The first-order valence-corrected chi connectivity index (χ1v) is 9.02. The van der Waals surface area contributed by atoms with Gasteiger partial charge in [-0.05, 0) is 32.1 Å². The second-order valence-electron chi connectivity index (χ2n) is 6.35. The minimum Gasteiger partial charge on any atom is -0.481 e. The Hall–Kier alpha value is -1.68. The maximum atomic E-state index is 12.0. The number of carboxylic acid groups (broad SMARTS) is 1. The van der Waals surface area contributed by atoms with Gasteiger partial charge in [-0.25, -0.2) is 0 Å². The van der Waals surface area contributed by atoms with Crippen molar-refractivity contribution in [1.82, 2.24) is 0 Å². The Morgan fingerprint density at radius 2 is 2.12 bits per heavy atom. The zero-order chi connectivity index (χ0) is 17.8. The van der Waals surface area contributed by atoms with Crippen LogP contribution in [0.15, 0.2) is 36.0 Å². The van der Waals surface area contributed by atoms with E-state index in [1.165, 1.54) is 19.3 Å². The second kappa shape index (κ2) is 11.8. The molecular weight excluding hydrogens is 304 g/mol. The maximum absolute atomic E-state index is 12.0. The summed E-state index contributed by atoms with van der Waals surface area (Å²) in [5.41, 5.74) is 0.815. The van der Waals surface area contributed by atoms with E-state index in [-0.39, 0.29) is 18.1 Å². The molecule has 1 aliphatic carbocycles. The van der Waals surface area contributed by atoms with Crippen molar-refractivity contribution in [1.29, 1.82) is 0 Å². The first-order valence-electron chi connectivity index (χ1n) is 9.02. The van der Waals surface area contributed by atoms with Crippen LogP contribution in [0, 0.1) is 5.92 Å².